The Balaban J connectivity index is 2.11. The van der Waals surface area contributed by atoms with Crippen molar-refractivity contribution in [2.24, 2.45) is 16.3 Å². The van der Waals surface area contributed by atoms with Crippen molar-refractivity contribution in [3.63, 3.8) is 0 Å². The fourth-order valence-corrected chi connectivity index (χ4v) is 1.68. The molecule has 4 N–H and O–H groups in total. The van der Waals surface area contributed by atoms with Crippen LogP contribution in [-0.2, 0) is 6.42 Å². The predicted octanol–water partition coefficient (Wildman–Crippen LogP) is 1.06. The van der Waals surface area contributed by atoms with E-state index in [4.69, 9.17) is 15.5 Å². The van der Waals surface area contributed by atoms with E-state index in [0.29, 0.717) is 11.7 Å². The van der Waals surface area contributed by atoms with Gasteiger partial charge in [0.15, 0.2) is 5.82 Å². The van der Waals surface area contributed by atoms with Crippen LogP contribution >= 0.6 is 0 Å². The number of hydrogen-bond acceptors (Lipinski definition) is 6. The zero-order chi connectivity index (χ0) is 14.3. The van der Waals surface area contributed by atoms with Gasteiger partial charge in [-0.1, -0.05) is 24.2 Å². The average molecular weight is 269 g/mol. The Hall–Kier alpha value is -1.63. The Morgan fingerprint density at radius 1 is 1.47 bits per heavy atom. The second-order valence-electron chi connectivity index (χ2n) is 5.21. The summed E-state index contributed by atoms with van der Waals surface area (Å²) in [4.78, 5) is 4.12. The summed E-state index contributed by atoms with van der Waals surface area (Å²) in [5.74, 6) is 1.59. The van der Waals surface area contributed by atoms with E-state index in [1.54, 1.807) is 6.92 Å². The maximum Gasteiger partial charge on any atom is 0.227 e. The van der Waals surface area contributed by atoms with E-state index in [9.17, 15) is 0 Å². The predicted molar refractivity (Wildman–Crippen MR) is 72.0 cm³/mol. The van der Waals surface area contributed by atoms with Crippen LogP contribution in [0.1, 0.15) is 38.4 Å². The Labute approximate surface area is 113 Å². The third kappa shape index (κ3) is 5.25. The first-order chi connectivity index (χ1) is 8.95. The minimum absolute atomic E-state index is 0.272. The summed E-state index contributed by atoms with van der Waals surface area (Å²) < 4.78 is 5.01. The third-order valence-electron chi connectivity index (χ3n) is 3.04. The highest BCUT2D eigenvalue weighted by molar-refractivity contribution is 5.85. The molecule has 0 aromatic carbocycles. The van der Waals surface area contributed by atoms with E-state index in [1.165, 1.54) is 0 Å². The highest BCUT2D eigenvalue weighted by atomic mass is 16.5. The molecule has 0 fully saturated rings. The molecule has 1 heterocycles. The van der Waals surface area contributed by atoms with Gasteiger partial charge in [0.25, 0.3) is 0 Å². The molecule has 1 aromatic rings. The molecule has 0 atom stereocenters. The number of aromatic nitrogens is 2. The molecule has 7 heteroatoms. The SMILES string of the molecule is Cc1noc(CCNCCCC(C)(C)C(N)=NO)n1. The van der Waals surface area contributed by atoms with Crippen molar-refractivity contribution < 1.29 is 9.73 Å². The highest BCUT2D eigenvalue weighted by Crippen LogP contribution is 2.21. The van der Waals surface area contributed by atoms with Crippen LogP contribution in [0.3, 0.4) is 0 Å². The van der Waals surface area contributed by atoms with Gasteiger partial charge >= 0.3 is 0 Å². The van der Waals surface area contributed by atoms with Crippen LogP contribution in [0.2, 0.25) is 0 Å². The average Bonchev–Trinajstić information content (AvgIpc) is 2.78. The molecule has 7 nitrogen and oxygen atoms in total. The lowest BCUT2D eigenvalue weighted by atomic mass is 9.86. The number of nitrogens with zero attached hydrogens (tertiary/aromatic N) is 3. The number of oxime groups is 1. The second-order valence-corrected chi connectivity index (χ2v) is 5.21. The van der Waals surface area contributed by atoms with Crippen LogP contribution in [0.15, 0.2) is 9.68 Å². The van der Waals surface area contributed by atoms with E-state index in [2.05, 4.69) is 20.6 Å². The lowest BCUT2D eigenvalue weighted by Crippen LogP contribution is -2.32. The van der Waals surface area contributed by atoms with Gasteiger partial charge in [0, 0.05) is 18.4 Å². The Morgan fingerprint density at radius 3 is 2.79 bits per heavy atom. The van der Waals surface area contributed by atoms with Crippen molar-refractivity contribution in [2.45, 2.75) is 40.0 Å². The van der Waals surface area contributed by atoms with Gasteiger partial charge in [0.1, 0.15) is 5.84 Å². The topological polar surface area (TPSA) is 110 Å². The van der Waals surface area contributed by atoms with E-state index >= 15 is 0 Å². The number of nitrogens with two attached hydrogens (primary N) is 1. The lowest BCUT2D eigenvalue weighted by Gasteiger charge is -2.22. The summed E-state index contributed by atoms with van der Waals surface area (Å²) in [7, 11) is 0. The molecule has 19 heavy (non-hydrogen) atoms. The fraction of sp³-hybridized carbons (Fsp3) is 0.750. The molecule has 0 aliphatic rings. The third-order valence-corrected chi connectivity index (χ3v) is 3.04. The van der Waals surface area contributed by atoms with E-state index < -0.39 is 0 Å². The Kier molecular flexibility index (Phi) is 5.75. The Morgan fingerprint density at radius 2 is 2.21 bits per heavy atom. The van der Waals surface area contributed by atoms with Crippen LogP contribution in [0.5, 0.6) is 0 Å². The zero-order valence-electron chi connectivity index (χ0n) is 11.8. The molecule has 1 aromatic heterocycles. The van der Waals surface area contributed by atoms with Crippen molar-refractivity contribution in [2.75, 3.05) is 13.1 Å². The van der Waals surface area contributed by atoms with Gasteiger partial charge in [-0.15, -0.1) is 0 Å². The smallest absolute Gasteiger partial charge is 0.227 e. The Bertz CT molecular complexity index is 414. The lowest BCUT2D eigenvalue weighted by molar-refractivity contribution is 0.304. The number of amidine groups is 1. The van der Waals surface area contributed by atoms with Gasteiger partial charge in [-0.2, -0.15) is 4.98 Å². The molecule has 0 saturated carbocycles. The van der Waals surface area contributed by atoms with Crippen molar-refractivity contribution >= 4 is 5.84 Å². The van der Waals surface area contributed by atoms with Gasteiger partial charge in [-0.25, -0.2) is 0 Å². The summed E-state index contributed by atoms with van der Waals surface area (Å²) in [6.07, 6.45) is 2.53. The summed E-state index contributed by atoms with van der Waals surface area (Å²) in [6, 6.07) is 0. The molecule has 0 unspecified atom stereocenters. The minimum Gasteiger partial charge on any atom is -0.409 e. The largest absolute Gasteiger partial charge is 0.409 e. The first kappa shape index (κ1) is 15.4. The van der Waals surface area contributed by atoms with Gasteiger partial charge in [0.05, 0.1) is 0 Å². The molecule has 0 spiro atoms. The van der Waals surface area contributed by atoms with Gasteiger partial charge in [0.2, 0.25) is 5.89 Å². The zero-order valence-corrected chi connectivity index (χ0v) is 11.8. The molecule has 0 aliphatic heterocycles. The normalized spacial score (nSPS) is 12.9. The maximum atomic E-state index is 8.66. The van der Waals surface area contributed by atoms with Gasteiger partial charge in [-0.3, -0.25) is 0 Å². The standard InChI is InChI=1S/C12H23N5O2/c1-9-15-10(19-17-9)5-8-14-7-4-6-12(2,3)11(13)16-18/h14,18H,4-8H2,1-3H3,(H2,13,16). The first-order valence-corrected chi connectivity index (χ1v) is 6.43. The quantitative estimate of drug-likeness (QED) is 0.214. The summed E-state index contributed by atoms with van der Waals surface area (Å²) in [5.41, 5.74) is 5.34. The number of aryl methyl sites for hydroxylation is 1. The van der Waals surface area contributed by atoms with E-state index in [-0.39, 0.29) is 11.3 Å². The molecule has 1 rings (SSSR count). The van der Waals surface area contributed by atoms with E-state index in [0.717, 1.165) is 32.4 Å². The molecule has 108 valence electrons. The van der Waals surface area contributed by atoms with Crippen molar-refractivity contribution in [1.29, 1.82) is 0 Å². The second kappa shape index (κ2) is 7.08. The number of hydrogen-bond donors (Lipinski definition) is 3. The number of rotatable bonds is 8. The highest BCUT2D eigenvalue weighted by Gasteiger charge is 2.22. The van der Waals surface area contributed by atoms with Crippen LogP contribution in [0.4, 0.5) is 0 Å². The van der Waals surface area contributed by atoms with E-state index in [1.807, 2.05) is 13.8 Å². The van der Waals surface area contributed by atoms with Gasteiger partial charge in [-0.05, 0) is 26.3 Å². The molecular weight excluding hydrogens is 246 g/mol. The molecule has 0 amide bonds. The minimum atomic E-state index is -0.278. The molecule has 0 saturated heterocycles. The van der Waals surface area contributed by atoms with Crippen LogP contribution in [-0.4, -0.2) is 34.3 Å². The molecule has 0 radical (unpaired) electrons. The fourth-order valence-electron chi connectivity index (χ4n) is 1.68. The first-order valence-electron chi connectivity index (χ1n) is 6.43. The van der Waals surface area contributed by atoms with Crippen molar-refractivity contribution in [1.82, 2.24) is 15.5 Å². The molecule has 0 aliphatic carbocycles. The van der Waals surface area contributed by atoms with Crippen LogP contribution in [0, 0.1) is 12.3 Å². The van der Waals surface area contributed by atoms with Crippen LogP contribution in [0.25, 0.3) is 0 Å². The van der Waals surface area contributed by atoms with Crippen LogP contribution < -0.4 is 11.1 Å². The summed E-state index contributed by atoms with van der Waals surface area (Å²) in [6.45, 7) is 7.39. The van der Waals surface area contributed by atoms with Crippen molar-refractivity contribution in [3.8, 4) is 0 Å². The molecule has 0 bridgehead atoms. The maximum absolute atomic E-state index is 8.66. The molecular formula is C12H23N5O2. The van der Waals surface area contributed by atoms with Crippen molar-refractivity contribution in [3.05, 3.63) is 11.7 Å². The summed E-state index contributed by atoms with van der Waals surface area (Å²) >= 11 is 0. The van der Waals surface area contributed by atoms with Gasteiger partial charge < -0.3 is 20.8 Å². The monoisotopic (exact) mass is 269 g/mol. The number of nitrogens with one attached hydrogen (secondary N) is 1. The summed E-state index contributed by atoms with van der Waals surface area (Å²) in [5, 5.41) is 18.8.